The van der Waals surface area contributed by atoms with Gasteiger partial charge in [0.25, 0.3) is 32.1 Å². The molecule has 0 saturated carbocycles. The lowest BCUT2D eigenvalue weighted by molar-refractivity contribution is -0.115. The summed E-state index contributed by atoms with van der Waals surface area (Å²) in [5.41, 5.74) is 3.12. The van der Waals surface area contributed by atoms with E-state index in [9.17, 15) is 35.5 Å². The van der Waals surface area contributed by atoms with Gasteiger partial charge in [0.1, 0.15) is 24.7 Å². The fourth-order valence-electron chi connectivity index (χ4n) is 6.04. The van der Waals surface area contributed by atoms with E-state index in [0.717, 1.165) is 11.1 Å². The standard InChI is InChI=1S/C42H42N4O10S2/c1-41(2,3)37-35(39(47)45(43-37)29-11-19-33(20-12-29)57(49,50)51)25-27-7-15-31(16-8-27)55-23-24-56-32-17-9-28(10-18-32)26-36-38(42(4,5)6)44-46(40(36)48)30-13-21-34(22-14-30)58(52,53)54/h7-22,25-26H,23-24H2,1-6H3,(H,49,50,51)(H,52,53,54). The molecule has 4 aromatic rings. The Hall–Kier alpha value is -5.94. The van der Waals surface area contributed by atoms with Gasteiger partial charge in [-0.1, -0.05) is 65.8 Å². The average Bonchev–Trinajstić information content (AvgIpc) is 3.66. The third kappa shape index (κ3) is 9.43. The molecule has 0 fully saturated rings. The predicted octanol–water partition coefficient (Wildman–Crippen LogP) is 7.30. The van der Waals surface area contributed by atoms with Crippen LogP contribution in [0.2, 0.25) is 0 Å². The third-order valence-electron chi connectivity index (χ3n) is 8.94. The minimum Gasteiger partial charge on any atom is -0.490 e. The molecule has 2 amide bonds. The summed E-state index contributed by atoms with van der Waals surface area (Å²) in [6, 6.07) is 24.9. The molecule has 0 aliphatic carbocycles. The Bertz CT molecular complexity index is 2400. The molecule has 0 aromatic heterocycles. The summed E-state index contributed by atoms with van der Waals surface area (Å²) < 4.78 is 76.3. The summed E-state index contributed by atoms with van der Waals surface area (Å²) >= 11 is 0. The molecule has 2 aliphatic heterocycles. The summed E-state index contributed by atoms with van der Waals surface area (Å²) in [7, 11) is -8.77. The van der Waals surface area contributed by atoms with E-state index >= 15 is 0 Å². The van der Waals surface area contributed by atoms with Crippen molar-refractivity contribution >= 4 is 67.0 Å². The number of carbonyl (C=O) groups is 2. The molecule has 302 valence electrons. The smallest absolute Gasteiger partial charge is 0.294 e. The van der Waals surface area contributed by atoms with Gasteiger partial charge in [-0.25, -0.2) is 0 Å². The Morgan fingerprint density at radius 3 is 1.12 bits per heavy atom. The lowest BCUT2D eigenvalue weighted by Crippen LogP contribution is -2.24. The number of hydrazone groups is 2. The van der Waals surface area contributed by atoms with Crippen molar-refractivity contribution in [3.8, 4) is 11.5 Å². The van der Waals surface area contributed by atoms with Crippen LogP contribution in [-0.4, -0.2) is 62.4 Å². The van der Waals surface area contributed by atoms with Gasteiger partial charge in [0.2, 0.25) is 0 Å². The summed E-state index contributed by atoms with van der Waals surface area (Å²) in [6.07, 6.45) is 3.49. The highest BCUT2D eigenvalue weighted by molar-refractivity contribution is 7.86. The average molecular weight is 827 g/mol. The topological polar surface area (TPSA) is 193 Å². The summed E-state index contributed by atoms with van der Waals surface area (Å²) in [5, 5.41) is 11.6. The van der Waals surface area contributed by atoms with E-state index in [1.54, 1.807) is 36.4 Å². The molecule has 2 aliphatic rings. The number of benzene rings is 4. The fourth-order valence-corrected chi connectivity index (χ4v) is 7.00. The van der Waals surface area contributed by atoms with Crippen LogP contribution < -0.4 is 19.5 Å². The second kappa shape index (κ2) is 15.8. The van der Waals surface area contributed by atoms with Gasteiger partial charge < -0.3 is 9.47 Å². The van der Waals surface area contributed by atoms with Gasteiger partial charge in [0, 0.05) is 10.8 Å². The monoisotopic (exact) mass is 826 g/mol. The normalized spacial score (nSPS) is 16.6. The number of carbonyl (C=O) groups excluding carboxylic acids is 2. The van der Waals surface area contributed by atoms with Gasteiger partial charge >= 0.3 is 0 Å². The van der Waals surface area contributed by atoms with Gasteiger partial charge in [0.15, 0.2) is 0 Å². The number of rotatable bonds is 11. The van der Waals surface area contributed by atoms with Crippen molar-refractivity contribution in [2.75, 3.05) is 23.2 Å². The lowest BCUT2D eigenvalue weighted by Gasteiger charge is -2.18. The quantitative estimate of drug-likeness (QED) is 0.0881. The number of nitrogens with zero attached hydrogens (tertiary/aromatic N) is 4. The summed E-state index contributed by atoms with van der Waals surface area (Å²) in [4.78, 5) is 26.5. The van der Waals surface area contributed by atoms with Crippen LogP contribution in [0.5, 0.6) is 11.5 Å². The number of amides is 2. The minimum atomic E-state index is -4.39. The summed E-state index contributed by atoms with van der Waals surface area (Å²) in [6.45, 7) is 12.1. The van der Waals surface area contributed by atoms with Crippen LogP contribution >= 0.6 is 0 Å². The van der Waals surface area contributed by atoms with Crippen LogP contribution in [0.4, 0.5) is 11.4 Å². The van der Waals surface area contributed by atoms with Crippen LogP contribution in [0.1, 0.15) is 52.7 Å². The maximum Gasteiger partial charge on any atom is 0.294 e. The van der Waals surface area contributed by atoms with Crippen LogP contribution in [-0.2, 0) is 29.8 Å². The van der Waals surface area contributed by atoms with Crippen molar-refractivity contribution in [3.63, 3.8) is 0 Å². The lowest BCUT2D eigenvalue weighted by atomic mass is 9.85. The molecule has 6 rings (SSSR count). The minimum absolute atomic E-state index is 0.248. The Balaban J connectivity index is 1.06. The fraction of sp³-hybridized carbons (Fsp3) is 0.238. The van der Waals surface area contributed by atoms with Crippen LogP contribution in [0.3, 0.4) is 0 Å². The molecule has 14 nitrogen and oxygen atoms in total. The molecule has 4 aromatic carbocycles. The number of hydrogen-bond acceptors (Lipinski definition) is 10. The van der Waals surface area contributed by atoms with Crippen molar-refractivity contribution < 1.29 is 45.0 Å². The molecule has 2 N–H and O–H groups in total. The Labute approximate surface area is 337 Å². The Morgan fingerprint density at radius 1 is 0.534 bits per heavy atom. The van der Waals surface area contributed by atoms with Crippen LogP contribution in [0.15, 0.2) is 128 Å². The summed E-state index contributed by atoms with van der Waals surface area (Å²) in [5.74, 6) is 0.435. The van der Waals surface area contributed by atoms with Crippen molar-refractivity contribution in [2.45, 2.75) is 51.3 Å². The first-order valence-electron chi connectivity index (χ1n) is 18.0. The first-order chi connectivity index (χ1) is 27.1. The van der Waals surface area contributed by atoms with E-state index < -0.39 is 31.1 Å². The van der Waals surface area contributed by atoms with Crippen LogP contribution in [0, 0.1) is 10.8 Å². The van der Waals surface area contributed by atoms with Crippen molar-refractivity contribution in [3.05, 3.63) is 119 Å². The highest BCUT2D eigenvalue weighted by Gasteiger charge is 2.38. The Morgan fingerprint density at radius 2 is 0.845 bits per heavy atom. The highest BCUT2D eigenvalue weighted by Crippen LogP contribution is 2.35. The molecule has 0 radical (unpaired) electrons. The largest absolute Gasteiger partial charge is 0.490 e. The van der Waals surface area contributed by atoms with Gasteiger partial charge in [-0.05, 0) is 96.1 Å². The van der Waals surface area contributed by atoms with Gasteiger partial charge in [-0.2, -0.15) is 37.1 Å². The molecular formula is C42H42N4O10S2. The van der Waals surface area contributed by atoms with E-state index in [1.807, 2.05) is 65.8 Å². The first-order valence-corrected chi connectivity index (χ1v) is 20.9. The van der Waals surface area contributed by atoms with Gasteiger partial charge in [-0.3, -0.25) is 18.7 Å². The molecule has 0 unspecified atom stereocenters. The maximum absolute atomic E-state index is 13.6. The van der Waals surface area contributed by atoms with E-state index in [4.69, 9.17) is 9.47 Å². The van der Waals surface area contributed by atoms with Crippen LogP contribution in [0.25, 0.3) is 12.2 Å². The van der Waals surface area contributed by atoms with Gasteiger partial charge in [-0.15, -0.1) is 0 Å². The van der Waals surface area contributed by atoms with Crippen molar-refractivity contribution in [1.29, 1.82) is 0 Å². The zero-order chi connectivity index (χ0) is 42.2. The molecule has 16 heteroatoms. The van der Waals surface area contributed by atoms with E-state index in [1.165, 1.54) is 58.5 Å². The van der Waals surface area contributed by atoms with Gasteiger partial charge in [0.05, 0.1) is 43.7 Å². The van der Waals surface area contributed by atoms with E-state index in [-0.39, 0.29) is 34.8 Å². The molecule has 0 atom stereocenters. The van der Waals surface area contributed by atoms with Crippen molar-refractivity contribution in [2.24, 2.45) is 21.0 Å². The molecule has 0 bridgehead atoms. The molecule has 2 heterocycles. The zero-order valence-corrected chi connectivity index (χ0v) is 34.2. The second-order valence-corrected chi connectivity index (χ2v) is 18.4. The molecular weight excluding hydrogens is 785 g/mol. The second-order valence-electron chi connectivity index (χ2n) is 15.5. The van der Waals surface area contributed by atoms with Crippen molar-refractivity contribution in [1.82, 2.24) is 0 Å². The maximum atomic E-state index is 13.6. The predicted molar refractivity (Wildman–Crippen MR) is 221 cm³/mol. The third-order valence-corrected chi connectivity index (χ3v) is 10.7. The SMILES string of the molecule is CC(C)(C)C1=NN(c2ccc(S(=O)(=O)O)cc2)C(=O)C1=Cc1ccc(OCCOc2ccc(C=C3C(=O)N(c4ccc(S(=O)(=O)O)cc4)N=C3C(C)(C)C)cc2)cc1. The molecule has 0 spiro atoms. The highest BCUT2D eigenvalue weighted by atomic mass is 32.2. The number of hydrogen-bond donors (Lipinski definition) is 2. The number of ether oxygens (including phenoxy) is 2. The van der Waals surface area contributed by atoms with E-state index in [0.29, 0.717) is 45.4 Å². The molecule has 0 saturated heterocycles. The van der Waals surface area contributed by atoms with E-state index in [2.05, 4.69) is 10.2 Å². The molecule has 58 heavy (non-hydrogen) atoms. The Kier molecular flexibility index (Phi) is 11.3. The zero-order valence-electron chi connectivity index (χ0n) is 32.6. The first kappa shape index (κ1) is 41.7. The number of anilines is 2.